The first kappa shape index (κ1) is 10.3. The fraction of sp³-hybridized carbons (Fsp3) is 0.222. The van der Waals surface area contributed by atoms with Gasteiger partial charge in [-0.05, 0) is 6.92 Å². The lowest BCUT2D eigenvalue weighted by molar-refractivity contribution is 0.238. The Hall–Kier alpha value is -0.750. The number of aliphatic hydroxyl groups is 1. The molecule has 0 saturated carbocycles. The predicted octanol–water partition coefficient (Wildman–Crippen LogP) is 2.36. The zero-order valence-electron chi connectivity index (χ0n) is 6.88. The molecule has 1 heterocycles. The maximum atomic E-state index is 9.38. The minimum absolute atomic E-state index is 0.279. The van der Waals surface area contributed by atoms with E-state index in [4.69, 9.17) is 29.6 Å². The Morgan fingerprint density at radius 1 is 1.62 bits per heavy atom. The van der Waals surface area contributed by atoms with Crippen LogP contribution in [-0.4, -0.2) is 10.1 Å². The molecule has 0 amide bonds. The number of aromatic nitrogens is 1. The molecule has 68 valence electrons. The van der Waals surface area contributed by atoms with E-state index >= 15 is 0 Å². The number of aryl methyl sites for hydroxylation is 1. The molecular weight excluding hydrogens is 209 g/mol. The smallest absolute Gasteiger partial charge is 0.142 e. The van der Waals surface area contributed by atoms with Gasteiger partial charge in [-0.25, -0.2) is 0 Å². The van der Waals surface area contributed by atoms with Crippen molar-refractivity contribution in [2.45, 2.75) is 13.0 Å². The Balaban J connectivity index is 3.35. The molecule has 2 nitrogen and oxygen atoms in total. The summed E-state index contributed by atoms with van der Waals surface area (Å²) in [6.07, 6.45) is 5.39. The maximum Gasteiger partial charge on any atom is 0.142 e. The van der Waals surface area contributed by atoms with Crippen LogP contribution in [0.15, 0.2) is 6.20 Å². The van der Waals surface area contributed by atoms with Crippen LogP contribution in [0.5, 0.6) is 0 Å². The first-order valence-electron chi connectivity index (χ1n) is 3.52. The molecule has 1 rings (SSSR count). The van der Waals surface area contributed by atoms with Crippen LogP contribution in [0.2, 0.25) is 10.0 Å². The summed E-state index contributed by atoms with van der Waals surface area (Å²) in [5, 5.41) is 9.98. The molecule has 0 fully saturated rings. The van der Waals surface area contributed by atoms with Crippen molar-refractivity contribution in [1.82, 2.24) is 4.98 Å². The average molecular weight is 216 g/mol. The molecule has 0 saturated heterocycles. The quantitative estimate of drug-likeness (QED) is 0.731. The fourth-order valence-corrected chi connectivity index (χ4v) is 1.46. The number of halogens is 2. The lowest BCUT2D eigenvalue weighted by atomic mass is 10.1. The lowest BCUT2D eigenvalue weighted by Crippen LogP contribution is -1.99. The van der Waals surface area contributed by atoms with Crippen LogP contribution >= 0.6 is 23.2 Å². The number of hydrogen-bond acceptors (Lipinski definition) is 2. The van der Waals surface area contributed by atoms with E-state index in [0.717, 1.165) is 0 Å². The van der Waals surface area contributed by atoms with Gasteiger partial charge in [-0.2, -0.15) is 0 Å². The van der Waals surface area contributed by atoms with Crippen molar-refractivity contribution in [2.24, 2.45) is 0 Å². The van der Waals surface area contributed by atoms with Crippen LogP contribution in [0.4, 0.5) is 0 Å². The number of rotatable bonds is 1. The average Bonchev–Trinajstić information content (AvgIpc) is 2.12. The number of aliphatic hydroxyl groups excluding tert-OH is 1. The van der Waals surface area contributed by atoms with E-state index in [-0.39, 0.29) is 5.02 Å². The van der Waals surface area contributed by atoms with E-state index in [1.165, 1.54) is 6.20 Å². The predicted molar refractivity (Wildman–Crippen MR) is 52.8 cm³/mol. The molecule has 1 unspecified atom stereocenters. The van der Waals surface area contributed by atoms with Crippen molar-refractivity contribution in [2.75, 3.05) is 0 Å². The second-order valence-electron chi connectivity index (χ2n) is 2.49. The third-order valence-corrected chi connectivity index (χ3v) is 2.39. The molecule has 0 aromatic carbocycles. The summed E-state index contributed by atoms with van der Waals surface area (Å²) in [6.45, 7) is 1.71. The zero-order chi connectivity index (χ0) is 10.0. The molecular formula is C9H7Cl2NO. The maximum absolute atomic E-state index is 9.38. The fourth-order valence-electron chi connectivity index (χ4n) is 0.913. The molecule has 4 heteroatoms. The molecule has 0 radical (unpaired) electrons. The number of pyridine rings is 1. The van der Waals surface area contributed by atoms with Gasteiger partial charge in [0, 0.05) is 11.8 Å². The third-order valence-electron chi connectivity index (χ3n) is 1.61. The van der Waals surface area contributed by atoms with Crippen molar-refractivity contribution >= 4 is 23.2 Å². The normalized spacial score (nSPS) is 12.2. The molecule has 13 heavy (non-hydrogen) atoms. The molecule has 0 aliphatic heterocycles. The molecule has 0 aliphatic carbocycles. The highest BCUT2D eigenvalue weighted by Gasteiger charge is 2.15. The summed E-state index contributed by atoms with van der Waals surface area (Å²) in [6, 6.07) is 0. The molecule has 1 N–H and O–H groups in total. The summed E-state index contributed by atoms with van der Waals surface area (Å²) < 4.78 is 0. The van der Waals surface area contributed by atoms with Gasteiger partial charge in [0.25, 0.3) is 0 Å². The van der Waals surface area contributed by atoms with Crippen molar-refractivity contribution in [3.8, 4) is 12.3 Å². The number of terminal acetylenes is 1. The van der Waals surface area contributed by atoms with E-state index in [9.17, 15) is 5.11 Å². The van der Waals surface area contributed by atoms with Crippen LogP contribution in [0.3, 0.4) is 0 Å². The van der Waals surface area contributed by atoms with E-state index in [0.29, 0.717) is 16.3 Å². The molecule has 0 spiro atoms. The summed E-state index contributed by atoms with van der Waals surface area (Å²) in [7, 11) is 0. The van der Waals surface area contributed by atoms with Gasteiger partial charge in [0.15, 0.2) is 0 Å². The van der Waals surface area contributed by atoms with Gasteiger partial charge in [-0.1, -0.05) is 29.1 Å². The van der Waals surface area contributed by atoms with Gasteiger partial charge in [0.05, 0.1) is 15.7 Å². The summed E-state index contributed by atoms with van der Waals surface area (Å²) >= 11 is 11.6. The zero-order valence-corrected chi connectivity index (χ0v) is 8.39. The van der Waals surface area contributed by atoms with Crippen molar-refractivity contribution in [3.05, 3.63) is 27.5 Å². The monoisotopic (exact) mass is 215 g/mol. The first-order chi connectivity index (χ1) is 6.07. The number of hydrogen-bond donors (Lipinski definition) is 1. The highest BCUT2D eigenvalue weighted by Crippen LogP contribution is 2.30. The Morgan fingerprint density at radius 3 is 2.77 bits per heavy atom. The topological polar surface area (TPSA) is 33.1 Å². The molecule has 1 aromatic rings. The van der Waals surface area contributed by atoms with E-state index < -0.39 is 6.10 Å². The van der Waals surface area contributed by atoms with Gasteiger partial charge >= 0.3 is 0 Å². The molecule has 1 atom stereocenters. The van der Waals surface area contributed by atoms with Gasteiger partial charge in [-0.3, -0.25) is 4.98 Å². The third kappa shape index (κ3) is 1.94. The summed E-state index contributed by atoms with van der Waals surface area (Å²) in [4.78, 5) is 3.91. The van der Waals surface area contributed by atoms with Crippen LogP contribution in [0, 0.1) is 19.3 Å². The van der Waals surface area contributed by atoms with Crippen molar-refractivity contribution < 1.29 is 5.11 Å². The van der Waals surface area contributed by atoms with Gasteiger partial charge in [0.1, 0.15) is 6.10 Å². The largest absolute Gasteiger partial charge is 0.376 e. The second kappa shape index (κ2) is 3.97. The van der Waals surface area contributed by atoms with E-state index in [1.807, 2.05) is 0 Å². The number of nitrogens with zero attached hydrogens (tertiary/aromatic N) is 1. The van der Waals surface area contributed by atoms with Gasteiger partial charge < -0.3 is 5.11 Å². The minimum atomic E-state index is -1.08. The van der Waals surface area contributed by atoms with Gasteiger partial charge in [0.2, 0.25) is 0 Å². The van der Waals surface area contributed by atoms with E-state index in [1.54, 1.807) is 6.92 Å². The minimum Gasteiger partial charge on any atom is -0.376 e. The second-order valence-corrected chi connectivity index (χ2v) is 3.27. The van der Waals surface area contributed by atoms with Crippen LogP contribution in [-0.2, 0) is 0 Å². The lowest BCUT2D eigenvalue weighted by Gasteiger charge is -2.09. The standard InChI is InChI=1S/C9H7Cl2NO/c1-3-7(13)8-6(10)4-12-5(2)9(8)11/h1,4,7,13H,2H3. The van der Waals surface area contributed by atoms with Crippen molar-refractivity contribution in [1.29, 1.82) is 0 Å². The SMILES string of the molecule is C#CC(O)c1c(Cl)cnc(C)c1Cl. The highest BCUT2D eigenvalue weighted by atomic mass is 35.5. The van der Waals surface area contributed by atoms with Crippen LogP contribution in [0.1, 0.15) is 17.4 Å². The van der Waals surface area contributed by atoms with Crippen LogP contribution in [0.25, 0.3) is 0 Å². The Bertz CT molecular complexity index is 371. The molecule has 0 aliphatic rings. The van der Waals surface area contributed by atoms with E-state index in [2.05, 4.69) is 10.9 Å². The summed E-state index contributed by atoms with van der Waals surface area (Å²) in [5.41, 5.74) is 0.939. The highest BCUT2D eigenvalue weighted by molar-refractivity contribution is 6.36. The first-order valence-corrected chi connectivity index (χ1v) is 4.28. The molecule has 0 bridgehead atoms. The van der Waals surface area contributed by atoms with Gasteiger partial charge in [-0.15, -0.1) is 6.42 Å². The molecule has 1 aromatic heterocycles. The Morgan fingerprint density at radius 2 is 2.23 bits per heavy atom. The van der Waals surface area contributed by atoms with Crippen molar-refractivity contribution in [3.63, 3.8) is 0 Å². The Kier molecular flexibility index (Phi) is 3.16. The summed E-state index contributed by atoms with van der Waals surface area (Å²) in [5.74, 6) is 2.15. The Labute approximate surface area is 86.5 Å². The van der Waals surface area contributed by atoms with Crippen LogP contribution < -0.4 is 0 Å².